The van der Waals surface area contributed by atoms with Crippen LogP contribution >= 0.6 is 0 Å². The number of rotatable bonds is 20. The maximum absolute atomic E-state index is 13.9. The summed E-state index contributed by atoms with van der Waals surface area (Å²) in [6, 6.07) is 18.9. The van der Waals surface area contributed by atoms with Gasteiger partial charge < -0.3 is 9.47 Å². The average molecular weight is 495 g/mol. The van der Waals surface area contributed by atoms with E-state index in [4.69, 9.17) is 9.47 Å². The molecule has 0 amide bonds. The summed E-state index contributed by atoms with van der Waals surface area (Å²) in [4.78, 5) is 26.3. The van der Waals surface area contributed by atoms with Crippen LogP contribution in [0.5, 0.6) is 0 Å². The van der Waals surface area contributed by atoms with E-state index in [-0.39, 0.29) is 24.6 Å². The number of Topliss-reactive ketones (excluding diaryl/α,β-unsaturated/α-hetero) is 1. The number of unbranched alkanes of at least 4 members (excludes halogenated alkanes) is 9. The molecule has 198 valence electrons. The summed E-state index contributed by atoms with van der Waals surface area (Å²) in [5.74, 6) is -0.398. The predicted octanol–water partition coefficient (Wildman–Crippen LogP) is 8.44. The van der Waals surface area contributed by atoms with Gasteiger partial charge in [-0.15, -0.1) is 0 Å². The molecule has 0 spiro atoms. The third-order valence-corrected chi connectivity index (χ3v) is 6.64. The first-order valence-electron chi connectivity index (χ1n) is 14.1. The minimum absolute atomic E-state index is 0.107. The van der Waals surface area contributed by atoms with Gasteiger partial charge in [-0.1, -0.05) is 132 Å². The first kappa shape index (κ1) is 29.8. The summed E-state index contributed by atoms with van der Waals surface area (Å²) in [5, 5.41) is 0. The Bertz CT molecular complexity index is 849. The van der Waals surface area contributed by atoms with Gasteiger partial charge >= 0.3 is 5.97 Å². The quantitative estimate of drug-likeness (QED) is 0.105. The molecule has 2 aromatic carbocycles. The Morgan fingerprint density at radius 2 is 1.22 bits per heavy atom. The van der Waals surface area contributed by atoms with Gasteiger partial charge in [0.25, 0.3) is 0 Å². The zero-order chi connectivity index (χ0) is 25.9. The van der Waals surface area contributed by atoms with Crippen molar-refractivity contribution < 1.29 is 19.1 Å². The molecule has 0 aliphatic carbocycles. The van der Waals surface area contributed by atoms with Gasteiger partial charge in [0.05, 0.1) is 6.61 Å². The normalized spacial score (nSPS) is 12.7. The number of hydrogen-bond donors (Lipinski definition) is 0. The molecule has 0 aromatic heterocycles. The van der Waals surface area contributed by atoms with E-state index >= 15 is 0 Å². The minimum atomic E-state index is -1.22. The van der Waals surface area contributed by atoms with E-state index in [0.717, 1.165) is 24.8 Å². The maximum atomic E-state index is 13.9. The standard InChI is InChI=1S/C32H46O4/c1-3-5-6-7-8-9-10-11-12-19-27-36-32(29-22-17-14-18-23-29,25-24-30(33)35-26-4-2)31(34)28-20-15-13-16-21-28/h13-18,20-23H,3-12,19,24-27H2,1-2H3. The third kappa shape index (κ3) is 10.3. The molecular formula is C32H46O4. The lowest BCUT2D eigenvalue weighted by molar-refractivity contribution is -0.145. The van der Waals surface area contributed by atoms with Gasteiger partial charge in [-0.25, -0.2) is 0 Å². The summed E-state index contributed by atoms with van der Waals surface area (Å²) in [6.07, 6.45) is 13.5. The van der Waals surface area contributed by atoms with Crippen LogP contribution in [-0.2, 0) is 19.9 Å². The molecular weight excluding hydrogens is 448 g/mol. The van der Waals surface area contributed by atoms with Gasteiger partial charge in [0, 0.05) is 18.6 Å². The first-order chi connectivity index (χ1) is 17.6. The zero-order valence-corrected chi connectivity index (χ0v) is 22.5. The lowest BCUT2D eigenvalue weighted by Crippen LogP contribution is -2.40. The van der Waals surface area contributed by atoms with Crippen molar-refractivity contribution in [2.45, 2.75) is 103 Å². The number of hydrogen-bond acceptors (Lipinski definition) is 4. The molecule has 1 atom stereocenters. The average Bonchev–Trinajstić information content (AvgIpc) is 2.93. The highest BCUT2D eigenvalue weighted by atomic mass is 16.5. The molecule has 0 N–H and O–H groups in total. The van der Waals surface area contributed by atoms with Crippen molar-refractivity contribution >= 4 is 11.8 Å². The molecule has 4 heteroatoms. The molecule has 0 bridgehead atoms. The van der Waals surface area contributed by atoms with E-state index < -0.39 is 5.60 Å². The maximum Gasteiger partial charge on any atom is 0.305 e. The fourth-order valence-electron chi connectivity index (χ4n) is 4.54. The summed E-state index contributed by atoms with van der Waals surface area (Å²) >= 11 is 0. The second-order valence-corrected chi connectivity index (χ2v) is 9.64. The van der Waals surface area contributed by atoms with Crippen LogP contribution in [0.1, 0.15) is 113 Å². The Labute approximate surface area is 218 Å². The lowest BCUT2D eigenvalue weighted by Gasteiger charge is -2.33. The Balaban J connectivity index is 2.05. The molecule has 1 unspecified atom stereocenters. The van der Waals surface area contributed by atoms with Crippen molar-refractivity contribution in [1.29, 1.82) is 0 Å². The Morgan fingerprint density at radius 1 is 0.667 bits per heavy atom. The highest BCUT2D eigenvalue weighted by Crippen LogP contribution is 2.35. The van der Waals surface area contributed by atoms with Gasteiger partial charge in [0.15, 0.2) is 11.4 Å². The van der Waals surface area contributed by atoms with E-state index in [1.165, 1.54) is 51.4 Å². The van der Waals surface area contributed by atoms with Crippen LogP contribution in [0.15, 0.2) is 60.7 Å². The van der Waals surface area contributed by atoms with Gasteiger partial charge in [-0.05, 0) is 24.8 Å². The summed E-state index contributed by atoms with van der Waals surface area (Å²) in [6.45, 7) is 5.09. The van der Waals surface area contributed by atoms with Crippen LogP contribution in [0.25, 0.3) is 0 Å². The largest absolute Gasteiger partial charge is 0.466 e. The number of carbonyl (C=O) groups is 2. The Hall–Kier alpha value is -2.46. The Kier molecular flexibility index (Phi) is 14.8. The fraction of sp³-hybridized carbons (Fsp3) is 0.562. The van der Waals surface area contributed by atoms with Crippen LogP contribution in [0.4, 0.5) is 0 Å². The SMILES string of the molecule is CCCCCCCCCCCCOC(CCC(=O)OCCC)(C(=O)c1ccccc1)c1ccccc1. The van der Waals surface area contributed by atoms with Crippen molar-refractivity contribution in [3.05, 3.63) is 71.8 Å². The van der Waals surface area contributed by atoms with E-state index in [1.54, 1.807) is 0 Å². The number of benzene rings is 2. The van der Waals surface area contributed by atoms with Gasteiger partial charge in [-0.2, -0.15) is 0 Å². The molecule has 0 heterocycles. The van der Waals surface area contributed by atoms with Crippen LogP contribution in [0.3, 0.4) is 0 Å². The zero-order valence-electron chi connectivity index (χ0n) is 22.5. The molecule has 36 heavy (non-hydrogen) atoms. The van der Waals surface area contributed by atoms with Crippen LogP contribution < -0.4 is 0 Å². The van der Waals surface area contributed by atoms with E-state index in [2.05, 4.69) is 6.92 Å². The van der Waals surface area contributed by atoms with Crippen molar-refractivity contribution in [3.63, 3.8) is 0 Å². The first-order valence-corrected chi connectivity index (χ1v) is 14.1. The lowest BCUT2D eigenvalue weighted by atomic mass is 9.82. The number of esters is 1. The van der Waals surface area contributed by atoms with Crippen molar-refractivity contribution in [2.75, 3.05) is 13.2 Å². The summed E-state index contributed by atoms with van der Waals surface area (Å²) in [7, 11) is 0. The fourth-order valence-corrected chi connectivity index (χ4v) is 4.54. The second-order valence-electron chi connectivity index (χ2n) is 9.64. The summed E-state index contributed by atoms with van der Waals surface area (Å²) in [5.41, 5.74) is 0.160. The molecule has 0 radical (unpaired) electrons. The molecule has 0 saturated carbocycles. The van der Waals surface area contributed by atoms with Gasteiger partial charge in [-0.3, -0.25) is 9.59 Å². The molecule has 2 rings (SSSR count). The number of ketones is 1. The van der Waals surface area contributed by atoms with Crippen LogP contribution in [-0.4, -0.2) is 25.0 Å². The summed E-state index contributed by atoms with van der Waals surface area (Å²) < 4.78 is 11.8. The number of carbonyl (C=O) groups excluding carboxylic acids is 2. The topological polar surface area (TPSA) is 52.6 Å². The molecule has 0 saturated heterocycles. The highest BCUT2D eigenvalue weighted by molar-refractivity contribution is 6.03. The molecule has 4 nitrogen and oxygen atoms in total. The third-order valence-electron chi connectivity index (χ3n) is 6.64. The highest BCUT2D eigenvalue weighted by Gasteiger charge is 2.42. The monoisotopic (exact) mass is 494 g/mol. The van der Waals surface area contributed by atoms with E-state index in [1.807, 2.05) is 67.6 Å². The smallest absolute Gasteiger partial charge is 0.305 e. The number of ether oxygens (including phenoxy) is 2. The van der Waals surface area contributed by atoms with Crippen molar-refractivity contribution in [1.82, 2.24) is 0 Å². The molecule has 0 fully saturated rings. The molecule has 0 aliphatic rings. The van der Waals surface area contributed by atoms with Gasteiger partial charge in [0.2, 0.25) is 0 Å². The molecule has 2 aromatic rings. The molecule has 0 aliphatic heterocycles. The van der Waals surface area contributed by atoms with Crippen molar-refractivity contribution in [2.24, 2.45) is 0 Å². The van der Waals surface area contributed by atoms with E-state index in [0.29, 0.717) is 18.8 Å². The van der Waals surface area contributed by atoms with Crippen molar-refractivity contribution in [3.8, 4) is 0 Å². The Morgan fingerprint density at radius 3 is 1.81 bits per heavy atom. The second kappa shape index (κ2) is 17.9. The van der Waals surface area contributed by atoms with Gasteiger partial charge in [0.1, 0.15) is 0 Å². The predicted molar refractivity (Wildman–Crippen MR) is 147 cm³/mol. The van der Waals surface area contributed by atoms with Crippen LogP contribution in [0, 0.1) is 0 Å². The van der Waals surface area contributed by atoms with Crippen LogP contribution in [0.2, 0.25) is 0 Å². The minimum Gasteiger partial charge on any atom is -0.466 e. The van der Waals surface area contributed by atoms with E-state index in [9.17, 15) is 9.59 Å².